The number of hydrogen-bond acceptors (Lipinski definition) is 2. The van der Waals surface area contributed by atoms with E-state index in [1.54, 1.807) is 13.1 Å². The van der Waals surface area contributed by atoms with Crippen molar-refractivity contribution in [2.24, 2.45) is 10.9 Å². The van der Waals surface area contributed by atoms with Crippen LogP contribution in [0.4, 0.5) is 0 Å². The van der Waals surface area contributed by atoms with Crippen LogP contribution in [0.1, 0.15) is 12.8 Å². The Kier molecular flexibility index (Phi) is 3.01. The lowest BCUT2D eigenvalue weighted by Crippen LogP contribution is -2.03. The SMILES string of the molecule is C=C/C(=C\C(=NC)C1CC1)C(=O)O. The van der Waals surface area contributed by atoms with Gasteiger partial charge in [0.05, 0.1) is 5.57 Å². The van der Waals surface area contributed by atoms with Gasteiger partial charge in [0, 0.05) is 18.7 Å². The highest BCUT2D eigenvalue weighted by Crippen LogP contribution is 2.31. The van der Waals surface area contributed by atoms with Gasteiger partial charge in [-0.2, -0.15) is 0 Å². The Hall–Kier alpha value is -1.38. The van der Waals surface area contributed by atoms with Gasteiger partial charge >= 0.3 is 5.97 Å². The molecule has 1 N–H and O–H groups in total. The van der Waals surface area contributed by atoms with E-state index in [0.717, 1.165) is 18.6 Å². The zero-order valence-corrected chi connectivity index (χ0v) is 7.66. The van der Waals surface area contributed by atoms with Crippen LogP contribution in [0.2, 0.25) is 0 Å². The number of carboxylic acid groups (broad SMARTS) is 1. The van der Waals surface area contributed by atoms with E-state index < -0.39 is 5.97 Å². The Morgan fingerprint density at radius 3 is 2.54 bits per heavy atom. The summed E-state index contributed by atoms with van der Waals surface area (Å²) in [6.45, 7) is 3.45. The molecule has 1 rings (SSSR count). The summed E-state index contributed by atoms with van der Waals surface area (Å²) in [4.78, 5) is 14.7. The Labute approximate surface area is 77.5 Å². The van der Waals surface area contributed by atoms with E-state index in [1.807, 2.05) is 0 Å². The zero-order valence-electron chi connectivity index (χ0n) is 7.66. The fraction of sp³-hybridized carbons (Fsp3) is 0.400. The molecule has 0 radical (unpaired) electrons. The molecule has 1 fully saturated rings. The summed E-state index contributed by atoms with van der Waals surface area (Å²) in [7, 11) is 1.69. The lowest BCUT2D eigenvalue weighted by molar-refractivity contribution is -0.132. The van der Waals surface area contributed by atoms with Gasteiger partial charge in [-0.25, -0.2) is 4.79 Å². The van der Waals surface area contributed by atoms with Crippen molar-refractivity contribution in [3.05, 3.63) is 24.3 Å². The van der Waals surface area contributed by atoms with E-state index in [1.165, 1.54) is 6.08 Å². The lowest BCUT2D eigenvalue weighted by Gasteiger charge is -1.97. The molecule has 0 atom stereocenters. The highest BCUT2D eigenvalue weighted by Gasteiger charge is 2.26. The third kappa shape index (κ3) is 2.54. The number of aliphatic carboxylic acids is 1. The molecule has 3 nitrogen and oxygen atoms in total. The molecule has 1 saturated carbocycles. The van der Waals surface area contributed by atoms with Crippen LogP contribution in [0.5, 0.6) is 0 Å². The molecule has 0 amide bonds. The average molecular weight is 179 g/mol. The molecule has 0 aliphatic heterocycles. The molecular formula is C10H13NO2. The van der Waals surface area contributed by atoms with Gasteiger partial charge in [0.2, 0.25) is 0 Å². The third-order valence-corrected chi connectivity index (χ3v) is 2.02. The Morgan fingerprint density at radius 1 is 1.62 bits per heavy atom. The summed E-state index contributed by atoms with van der Waals surface area (Å²) in [6.07, 6.45) is 5.18. The van der Waals surface area contributed by atoms with Crippen LogP contribution in [-0.4, -0.2) is 23.8 Å². The minimum absolute atomic E-state index is 0.215. The fourth-order valence-electron chi connectivity index (χ4n) is 1.11. The molecular weight excluding hydrogens is 166 g/mol. The maximum Gasteiger partial charge on any atom is 0.335 e. The summed E-state index contributed by atoms with van der Waals surface area (Å²) >= 11 is 0. The molecule has 0 heterocycles. The predicted octanol–water partition coefficient (Wildman–Crippen LogP) is 1.66. The van der Waals surface area contributed by atoms with Crippen LogP contribution in [0.3, 0.4) is 0 Å². The standard InChI is InChI=1S/C10H13NO2/c1-3-7(10(12)13)6-9(11-2)8-4-5-8/h3,6,8H,1,4-5H2,2H3,(H,12,13)/b7-6+,11-9?. The van der Waals surface area contributed by atoms with Crippen LogP contribution >= 0.6 is 0 Å². The molecule has 0 aromatic carbocycles. The molecule has 13 heavy (non-hydrogen) atoms. The molecule has 1 aliphatic rings. The number of allylic oxidation sites excluding steroid dienone is 1. The Morgan fingerprint density at radius 2 is 2.23 bits per heavy atom. The largest absolute Gasteiger partial charge is 0.478 e. The fourth-order valence-corrected chi connectivity index (χ4v) is 1.11. The second-order valence-corrected chi connectivity index (χ2v) is 3.03. The maximum absolute atomic E-state index is 10.6. The molecule has 0 bridgehead atoms. The number of aliphatic imine (C=N–C) groups is 1. The van der Waals surface area contributed by atoms with Gasteiger partial charge in [-0.05, 0) is 18.9 Å². The van der Waals surface area contributed by atoms with Crippen molar-refractivity contribution < 1.29 is 9.90 Å². The number of carboxylic acids is 1. The van der Waals surface area contributed by atoms with Crippen LogP contribution in [0.15, 0.2) is 29.3 Å². The van der Waals surface area contributed by atoms with Crippen molar-refractivity contribution in [1.29, 1.82) is 0 Å². The minimum Gasteiger partial charge on any atom is -0.478 e. The first-order valence-corrected chi connectivity index (χ1v) is 4.23. The lowest BCUT2D eigenvalue weighted by atomic mass is 10.1. The summed E-state index contributed by atoms with van der Waals surface area (Å²) < 4.78 is 0. The molecule has 0 unspecified atom stereocenters. The molecule has 70 valence electrons. The number of hydrogen-bond donors (Lipinski definition) is 1. The topological polar surface area (TPSA) is 49.7 Å². The Balaban J connectivity index is 2.80. The van der Waals surface area contributed by atoms with E-state index >= 15 is 0 Å². The average Bonchev–Trinajstić information content (AvgIpc) is 2.89. The summed E-state index contributed by atoms with van der Waals surface area (Å²) in [5.74, 6) is -0.476. The third-order valence-electron chi connectivity index (χ3n) is 2.02. The van der Waals surface area contributed by atoms with Crippen molar-refractivity contribution in [2.45, 2.75) is 12.8 Å². The van der Waals surface area contributed by atoms with Gasteiger partial charge in [-0.15, -0.1) is 0 Å². The summed E-state index contributed by atoms with van der Waals surface area (Å²) in [6, 6.07) is 0. The molecule has 0 saturated heterocycles. The van der Waals surface area contributed by atoms with E-state index in [-0.39, 0.29) is 5.57 Å². The van der Waals surface area contributed by atoms with Gasteiger partial charge in [-0.3, -0.25) is 4.99 Å². The van der Waals surface area contributed by atoms with Gasteiger partial charge < -0.3 is 5.11 Å². The molecule has 0 spiro atoms. The quantitative estimate of drug-likeness (QED) is 0.405. The van der Waals surface area contributed by atoms with E-state index in [0.29, 0.717) is 5.92 Å². The van der Waals surface area contributed by atoms with Crippen molar-refractivity contribution in [1.82, 2.24) is 0 Å². The summed E-state index contributed by atoms with van der Waals surface area (Å²) in [5, 5.41) is 8.73. The number of rotatable bonds is 4. The van der Waals surface area contributed by atoms with Crippen LogP contribution in [-0.2, 0) is 4.79 Å². The molecule has 0 aromatic rings. The highest BCUT2D eigenvalue weighted by molar-refractivity contribution is 6.05. The van der Waals surface area contributed by atoms with E-state index in [4.69, 9.17) is 5.11 Å². The Bertz CT molecular complexity index is 285. The summed E-state index contributed by atoms with van der Waals surface area (Å²) in [5.41, 5.74) is 1.09. The second kappa shape index (κ2) is 4.03. The van der Waals surface area contributed by atoms with Crippen molar-refractivity contribution >= 4 is 11.7 Å². The molecule has 0 aromatic heterocycles. The zero-order chi connectivity index (χ0) is 9.84. The van der Waals surface area contributed by atoms with Crippen molar-refractivity contribution in [2.75, 3.05) is 7.05 Å². The highest BCUT2D eigenvalue weighted by atomic mass is 16.4. The van der Waals surface area contributed by atoms with E-state index in [2.05, 4.69) is 11.6 Å². The molecule has 3 heteroatoms. The molecule has 1 aliphatic carbocycles. The first-order valence-electron chi connectivity index (χ1n) is 4.23. The predicted molar refractivity (Wildman–Crippen MR) is 52.0 cm³/mol. The van der Waals surface area contributed by atoms with E-state index in [9.17, 15) is 4.79 Å². The smallest absolute Gasteiger partial charge is 0.335 e. The minimum atomic E-state index is -0.947. The van der Waals surface area contributed by atoms with Crippen LogP contribution in [0.25, 0.3) is 0 Å². The van der Waals surface area contributed by atoms with Gasteiger partial charge in [0.25, 0.3) is 0 Å². The van der Waals surface area contributed by atoms with Crippen LogP contribution < -0.4 is 0 Å². The van der Waals surface area contributed by atoms with Crippen molar-refractivity contribution in [3.63, 3.8) is 0 Å². The number of nitrogens with zero attached hydrogens (tertiary/aromatic N) is 1. The maximum atomic E-state index is 10.6. The first-order chi connectivity index (χ1) is 6.19. The first kappa shape index (κ1) is 9.71. The number of carbonyl (C=O) groups is 1. The van der Waals surface area contributed by atoms with Gasteiger partial charge in [0.1, 0.15) is 0 Å². The van der Waals surface area contributed by atoms with Crippen molar-refractivity contribution in [3.8, 4) is 0 Å². The van der Waals surface area contributed by atoms with Crippen LogP contribution in [0, 0.1) is 5.92 Å². The normalized spacial score (nSPS) is 18.5. The monoisotopic (exact) mass is 179 g/mol. The van der Waals surface area contributed by atoms with Gasteiger partial charge in [-0.1, -0.05) is 12.7 Å². The second-order valence-electron chi connectivity index (χ2n) is 3.03. The van der Waals surface area contributed by atoms with Gasteiger partial charge in [0.15, 0.2) is 0 Å².